The Morgan fingerprint density at radius 3 is 3.20 bits per heavy atom. The topological polar surface area (TPSA) is 30.2 Å². The van der Waals surface area contributed by atoms with E-state index in [1.54, 1.807) is 6.07 Å². The van der Waals surface area contributed by atoms with Gasteiger partial charge in [-0.25, -0.2) is 0 Å². The first kappa shape index (κ1) is 5.47. The summed E-state index contributed by atoms with van der Waals surface area (Å²) in [6.45, 7) is 0. The smallest absolute Gasteiger partial charge is 0.202 e. The fourth-order valence-electron chi connectivity index (χ4n) is 1.06. The second-order valence-corrected chi connectivity index (χ2v) is 2.23. The average molecular weight is 134 g/mol. The Kier molecular flexibility index (Phi) is 1.01. The van der Waals surface area contributed by atoms with Crippen LogP contribution in [0.3, 0.4) is 0 Å². The van der Waals surface area contributed by atoms with Gasteiger partial charge < -0.3 is 4.42 Å². The van der Waals surface area contributed by atoms with E-state index in [4.69, 9.17) is 4.42 Å². The predicted molar refractivity (Wildman–Crippen MR) is 36.7 cm³/mol. The first-order valence-electron chi connectivity index (χ1n) is 3.15. The lowest BCUT2D eigenvalue weighted by Gasteiger charge is -1.99. The standard InChI is InChI=1S/C8H6O2/c9-7-3-1-2-6-4-5-10-8(6)7/h1-2,4-5H,3H2. The maximum atomic E-state index is 11.0. The summed E-state index contributed by atoms with van der Waals surface area (Å²) in [6, 6.07) is 1.79. The fraction of sp³-hybridized carbons (Fsp3) is 0.125. The highest BCUT2D eigenvalue weighted by molar-refractivity contribution is 6.00. The number of allylic oxidation sites excluding steroid dienone is 1. The molecule has 2 nitrogen and oxygen atoms in total. The molecule has 0 radical (unpaired) electrons. The van der Waals surface area contributed by atoms with E-state index in [1.165, 1.54) is 6.26 Å². The van der Waals surface area contributed by atoms with Gasteiger partial charge in [0.2, 0.25) is 5.78 Å². The van der Waals surface area contributed by atoms with Gasteiger partial charge >= 0.3 is 0 Å². The maximum Gasteiger partial charge on any atom is 0.202 e. The van der Waals surface area contributed by atoms with Crippen LogP contribution in [0.25, 0.3) is 6.08 Å². The van der Waals surface area contributed by atoms with Crippen molar-refractivity contribution in [1.82, 2.24) is 0 Å². The Bertz CT molecular complexity index is 294. The molecular weight excluding hydrogens is 128 g/mol. The van der Waals surface area contributed by atoms with Crippen molar-refractivity contribution in [3.05, 3.63) is 29.7 Å². The number of carbonyl (C=O) groups excluding carboxylic acids is 1. The molecule has 1 heterocycles. The molecule has 1 aromatic rings. The molecule has 50 valence electrons. The zero-order valence-electron chi connectivity index (χ0n) is 5.33. The fourth-order valence-corrected chi connectivity index (χ4v) is 1.06. The maximum absolute atomic E-state index is 11.0. The molecule has 1 aromatic heterocycles. The van der Waals surface area contributed by atoms with Gasteiger partial charge in [-0.3, -0.25) is 4.79 Å². The van der Waals surface area contributed by atoms with Gasteiger partial charge in [-0.1, -0.05) is 12.2 Å². The molecule has 1 aliphatic rings. The molecule has 0 fully saturated rings. The van der Waals surface area contributed by atoms with Gasteiger partial charge in [0.1, 0.15) is 0 Å². The molecule has 0 N–H and O–H groups in total. The van der Waals surface area contributed by atoms with E-state index in [0.29, 0.717) is 12.2 Å². The zero-order valence-corrected chi connectivity index (χ0v) is 5.33. The normalized spacial score (nSPS) is 15.4. The van der Waals surface area contributed by atoms with Crippen LogP contribution in [0.15, 0.2) is 22.8 Å². The Labute approximate surface area is 58.2 Å². The van der Waals surface area contributed by atoms with E-state index in [2.05, 4.69) is 0 Å². The molecule has 0 aliphatic heterocycles. The lowest BCUT2D eigenvalue weighted by atomic mass is 10.1. The van der Waals surface area contributed by atoms with E-state index in [0.717, 1.165) is 5.56 Å². The van der Waals surface area contributed by atoms with Gasteiger partial charge in [-0.2, -0.15) is 0 Å². The number of carbonyl (C=O) groups is 1. The van der Waals surface area contributed by atoms with Crippen LogP contribution in [0.2, 0.25) is 0 Å². The van der Waals surface area contributed by atoms with E-state index in [9.17, 15) is 4.79 Å². The Hall–Kier alpha value is -1.31. The number of Topliss-reactive ketones (excluding diaryl/α,β-unsaturated/α-hetero) is 1. The highest BCUT2D eigenvalue weighted by Gasteiger charge is 2.15. The summed E-state index contributed by atoms with van der Waals surface area (Å²) in [5.74, 6) is 0.574. The Morgan fingerprint density at radius 1 is 1.50 bits per heavy atom. The Balaban J connectivity index is 2.62. The quantitative estimate of drug-likeness (QED) is 0.542. The minimum absolute atomic E-state index is 0.0718. The molecule has 2 heteroatoms. The number of ketones is 1. The van der Waals surface area contributed by atoms with Crippen LogP contribution >= 0.6 is 0 Å². The number of hydrogen-bond donors (Lipinski definition) is 0. The van der Waals surface area contributed by atoms with Crippen molar-refractivity contribution >= 4 is 11.9 Å². The number of rotatable bonds is 0. The van der Waals surface area contributed by atoms with Crippen LogP contribution in [-0.4, -0.2) is 5.78 Å². The van der Waals surface area contributed by atoms with Crippen molar-refractivity contribution in [2.75, 3.05) is 0 Å². The highest BCUT2D eigenvalue weighted by atomic mass is 16.3. The second kappa shape index (κ2) is 1.84. The summed E-state index contributed by atoms with van der Waals surface area (Å²) < 4.78 is 4.97. The van der Waals surface area contributed by atoms with Gasteiger partial charge in [0.05, 0.1) is 6.26 Å². The van der Waals surface area contributed by atoms with Crippen molar-refractivity contribution in [1.29, 1.82) is 0 Å². The predicted octanol–water partition coefficient (Wildman–Crippen LogP) is 1.88. The van der Waals surface area contributed by atoms with E-state index < -0.39 is 0 Å². The molecule has 0 saturated carbocycles. The molecule has 0 bridgehead atoms. The summed E-state index contributed by atoms with van der Waals surface area (Å²) in [7, 11) is 0. The summed E-state index contributed by atoms with van der Waals surface area (Å²) in [5, 5.41) is 0. The molecule has 0 saturated heterocycles. The molecule has 0 unspecified atom stereocenters. The van der Waals surface area contributed by atoms with Gasteiger partial charge in [-0.15, -0.1) is 0 Å². The van der Waals surface area contributed by atoms with Crippen molar-refractivity contribution in [2.45, 2.75) is 6.42 Å². The molecule has 1 aliphatic carbocycles. The summed E-state index contributed by atoms with van der Waals surface area (Å²) in [4.78, 5) is 11.0. The van der Waals surface area contributed by atoms with E-state index in [1.807, 2.05) is 12.2 Å². The largest absolute Gasteiger partial charge is 0.461 e. The molecule has 10 heavy (non-hydrogen) atoms. The van der Waals surface area contributed by atoms with Gasteiger partial charge in [-0.05, 0) is 6.07 Å². The van der Waals surface area contributed by atoms with Crippen LogP contribution in [0.5, 0.6) is 0 Å². The lowest BCUT2D eigenvalue weighted by Crippen LogP contribution is -2.00. The average Bonchev–Trinajstić information content (AvgIpc) is 2.36. The molecule has 0 atom stereocenters. The summed E-state index contributed by atoms with van der Waals surface area (Å²) in [5.41, 5.74) is 0.899. The van der Waals surface area contributed by atoms with Crippen molar-refractivity contribution < 1.29 is 9.21 Å². The van der Waals surface area contributed by atoms with Crippen molar-refractivity contribution in [3.63, 3.8) is 0 Å². The number of hydrogen-bond acceptors (Lipinski definition) is 2. The highest BCUT2D eigenvalue weighted by Crippen LogP contribution is 2.19. The summed E-state index contributed by atoms with van der Waals surface area (Å²) >= 11 is 0. The van der Waals surface area contributed by atoms with Gasteiger partial charge in [0, 0.05) is 12.0 Å². The van der Waals surface area contributed by atoms with Crippen LogP contribution in [-0.2, 0) is 0 Å². The van der Waals surface area contributed by atoms with E-state index in [-0.39, 0.29) is 5.78 Å². The van der Waals surface area contributed by atoms with Crippen LogP contribution in [0.4, 0.5) is 0 Å². The van der Waals surface area contributed by atoms with E-state index >= 15 is 0 Å². The molecule has 0 amide bonds. The molecule has 0 aromatic carbocycles. The van der Waals surface area contributed by atoms with Gasteiger partial charge in [0.25, 0.3) is 0 Å². The van der Waals surface area contributed by atoms with Crippen LogP contribution < -0.4 is 0 Å². The molecular formula is C8H6O2. The molecule has 0 spiro atoms. The first-order chi connectivity index (χ1) is 4.88. The van der Waals surface area contributed by atoms with Crippen molar-refractivity contribution in [3.8, 4) is 0 Å². The third kappa shape index (κ3) is 0.620. The third-order valence-electron chi connectivity index (χ3n) is 1.55. The third-order valence-corrected chi connectivity index (χ3v) is 1.55. The second-order valence-electron chi connectivity index (χ2n) is 2.23. The Morgan fingerprint density at radius 2 is 2.40 bits per heavy atom. The zero-order chi connectivity index (χ0) is 6.97. The van der Waals surface area contributed by atoms with Crippen LogP contribution in [0.1, 0.15) is 22.5 Å². The lowest BCUT2D eigenvalue weighted by molar-refractivity contribution is 0.0968. The summed E-state index contributed by atoms with van der Waals surface area (Å²) in [6.07, 6.45) is 5.76. The SMILES string of the molecule is O=C1CC=Cc2ccoc21. The minimum Gasteiger partial charge on any atom is -0.461 e. The number of fused-ring (bicyclic) bond motifs is 1. The number of furan rings is 1. The van der Waals surface area contributed by atoms with Crippen molar-refractivity contribution in [2.24, 2.45) is 0 Å². The van der Waals surface area contributed by atoms with Crippen LogP contribution in [0, 0.1) is 0 Å². The minimum atomic E-state index is 0.0718. The molecule has 2 rings (SSSR count). The van der Waals surface area contributed by atoms with Gasteiger partial charge in [0.15, 0.2) is 5.76 Å². The monoisotopic (exact) mass is 134 g/mol. The first-order valence-corrected chi connectivity index (χ1v) is 3.15.